The van der Waals surface area contributed by atoms with Crippen LogP contribution in [0.15, 0.2) is 18.3 Å². The summed E-state index contributed by atoms with van der Waals surface area (Å²) in [6.07, 6.45) is 6.70. The van der Waals surface area contributed by atoms with Crippen LogP contribution in [0.1, 0.15) is 36.9 Å². The van der Waals surface area contributed by atoms with Gasteiger partial charge >= 0.3 is 0 Å². The molecule has 0 spiro atoms. The molecule has 1 heterocycles. The predicted molar refractivity (Wildman–Crippen MR) is 68.6 cm³/mol. The number of rotatable bonds is 4. The summed E-state index contributed by atoms with van der Waals surface area (Å²) in [7, 11) is 0. The van der Waals surface area contributed by atoms with Crippen molar-refractivity contribution in [3.63, 3.8) is 0 Å². The normalized spacial score (nSPS) is 24.8. The van der Waals surface area contributed by atoms with Crippen LogP contribution < -0.4 is 5.32 Å². The van der Waals surface area contributed by atoms with Crippen molar-refractivity contribution in [2.75, 3.05) is 6.61 Å². The monoisotopic (exact) mass is 234 g/mol. The molecule has 94 valence electrons. The molecule has 1 aliphatic carbocycles. The molecule has 3 nitrogen and oxygen atoms in total. The minimum absolute atomic E-state index is 0.309. The Morgan fingerprint density at radius 3 is 3.00 bits per heavy atom. The molecule has 0 saturated heterocycles. The van der Waals surface area contributed by atoms with Crippen LogP contribution in [0.2, 0.25) is 0 Å². The topological polar surface area (TPSA) is 45.2 Å². The summed E-state index contributed by atoms with van der Waals surface area (Å²) in [5, 5.41) is 12.9. The standard InChI is InChI=1S/C14H22N2O/c1-11-12(6-4-8-15-11)9-16-14-7-3-2-5-13(14)10-17/h4,6,8,13-14,16-17H,2-3,5,7,9-10H2,1H3. The Labute approximate surface area is 103 Å². The highest BCUT2D eigenvalue weighted by Gasteiger charge is 2.23. The van der Waals surface area contributed by atoms with Crippen molar-refractivity contribution < 1.29 is 5.11 Å². The number of pyridine rings is 1. The Morgan fingerprint density at radius 2 is 2.24 bits per heavy atom. The van der Waals surface area contributed by atoms with E-state index in [2.05, 4.69) is 16.4 Å². The fourth-order valence-electron chi connectivity index (χ4n) is 2.64. The molecule has 0 amide bonds. The third kappa shape index (κ3) is 3.27. The van der Waals surface area contributed by atoms with Gasteiger partial charge in [0, 0.05) is 31.1 Å². The van der Waals surface area contributed by atoms with Crippen LogP contribution in [-0.2, 0) is 6.54 Å². The third-order valence-electron chi connectivity index (χ3n) is 3.81. The van der Waals surface area contributed by atoms with Gasteiger partial charge in [0.2, 0.25) is 0 Å². The van der Waals surface area contributed by atoms with E-state index in [9.17, 15) is 5.11 Å². The van der Waals surface area contributed by atoms with Gasteiger partial charge in [0.25, 0.3) is 0 Å². The zero-order chi connectivity index (χ0) is 12.1. The maximum atomic E-state index is 9.36. The molecule has 2 unspecified atom stereocenters. The number of aryl methyl sites for hydroxylation is 1. The first-order valence-corrected chi connectivity index (χ1v) is 6.56. The molecule has 17 heavy (non-hydrogen) atoms. The Bertz CT molecular complexity index is 354. The van der Waals surface area contributed by atoms with Gasteiger partial charge in [0.15, 0.2) is 0 Å². The van der Waals surface area contributed by atoms with Crippen LogP contribution in [0.3, 0.4) is 0 Å². The summed E-state index contributed by atoms with van der Waals surface area (Å²) in [5.41, 5.74) is 2.35. The maximum absolute atomic E-state index is 9.36. The second-order valence-electron chi connectivity index (χ2n) is 4.96. The fraction of sp³-hybridized carbons (Fsp3) is 0.643. The van der Waals surface area contributed by atoms with E-state index in [1.54, 1.807) is 0 Å². The lowest BCUT2D eigenvalue weighted by Gasteiger charge is -2.31. The molecule has 0 aromatic carbocycles. The second kappa shape index (κ2) is 6.12. The Hall–Kier alpha value is -0.930. The quantitative estimate of drug-likeness (QED) is 0.838. The molecular weight excluding hydrogens is 212 g/mol. The highest BCUT2D eigenvalue weighted by molar-refractivity contribution is 5.18. The highest BCUT2D eigenvalue weighted by Crippen LogP contribution is 2.24. The molecule has 3 heteroatoms. The van der Waals surface area contributed by atoms with Gasteiger partial charge in [-0.05, 0) is 37.3 Å². The first-order chi connectivity index (χ1) is 8.31. The smallest absolute Gasteiger partial charge is 0.0474 e. The van der Waals surface area contributed by atoms with Gasteiger partial charge in [-0.2, -0.15) is 0 Å². The van der Waals surface area contributed by atoms with Gasteiger partial charge in [0.05, 0.1) is 0 Å². The molecule has 1 saturated carbocycles. The van der Waals surface area contributed by atoms with Crippen LogP contribution in [0.4, 0.5) is 0 Å². The van der Waals surface area contributed by atoms with Crippen molar-refractivity contribution in [1.29, 1.82) is 0 Å². The van der Waals surface area contributed by atoms with E-state index in [4.69, 9.17) is 0 Å². The maximum Gasteiger partial charge on any atom is 0.0474 e. The summed E-state index contributed by atoms with van der Waals surface area (Å²) in [5.74, 6) is 0.431. The molecule has 0 radical (unpaired) electrons. The molecule has 2 N–H and O–H groups in total. The average Bonchev–Trinajstić information content (AvgIpc) is 2.38. The van der Waals surface area contributed by atoms with Gasteiger partial charge in [0.1, 0.15) is 0 Å². The molecule has 1 aromatic rings. The largest absolute Gasteiger partial charge is 0.396 e. The van der Waals surface area contributed by atoms with Gasteiger partial charge < -0.3 is 10.4 Å². The van der Waals surface area contributed by atoms with Crippen LogP contribution in [0, 0.1) is 12.8 Å². The van der Waals surface area contributed by atoms with Gasteiger partial charge in [-0.3, -0.25) is 4.98 Å². The lowest BCUT2D eigenvalue weighted by Crippen LogP contribution is -2.39. The summed E-state index contributed by atoms with van der Waals surface area (Å²) >= 11 is 0. The number of aliphatic hydroxyl groups excluding tert-OH is 1. The van der Waals surface area contributed by atoms with Gasteiger partial charge in [-0.25, -0.2) is 0 Å². The van der Waals surface area contributed by atoms with Crippen LogP contribution >= 0.6 is 0 Å². The first-order valence-electron chi connectivity index (χ1n) is 6.56. The van der Waals surface area contributed by atoms with Crippen LogP contribution in [0.25, 0.3) is 0 Å². The molecule has 1 aromatic heterocycles. The summed E-state index contributed by atoms with van der Waals surface area (Å²) in [6.45, 7) is 3.21. The third-order valence-corrected chi connectivity index (χ3v) is 3.81. The SMILES string of the molecule is Cc1ncccc1CNC1CCCCC1CO. The van der Waals surface area contributed by atoms with E-state index in [0.29, 0.717) is 18.6 Å². The molecular formula is C14H22N2O. The Balaban J connectivity index is 1.90. The number of nitrogens with one attached hydrogen (secondary N) is 1. The van der Waals surface area contributed by atoms with E-state index >= 15 is 0 Å². The summed E-state index contributed by atoms with van der Waals surface area (Å²) in [6, 6.07) is 4.56. The minimum Gasteiger partial charge on any atom is -0.396 e. The Kier molecular flexibility index (Phi) is 4.51. The zero-order valence-electron chi connectivity index (χ0n) is 10.5. The molecule has 1 aliphatic rings. The lowest BCUT2D eigenvalue weighted by atomic mass is 9.85. The zero-order valence-corrected chi connectivity index (χ0v) is 10.5. The van der Waals surface area contributed by atoms with Crippen LogP contribution in [0.5, 0.6) is 0 Å². The number of aromatic nitrogens is 1. The van der Waals surface area contributed by atoms with Crippen molar-refractivity contribution in [3.05, 3.63) is 29.6 Å². The van der Waals surface area contributed by atoms with Crippen LogP contribution in [-0.4, -0.2) is 22.7 Å². The van der Waals surface area contributed by atoms with Crippen molar-refractivity contribution in [2.24, 2.45) is 5.92 Å². The van der Waals surface area contributed by atoms with Crippen molar-refractivity contribution >= 4 is 0 Å². The minimum atomic E-state index is 0.309. The Morgan fingerprint density at radius 1 is 1.41 bits per heavy atom. The second-order valence-corrected chi connectivity index (χ2v) is 4.96. The molecule has 2 rings (SSSR count). The lowest BCUT2D eigenvalue weighted by molar-refractivity contribution is 0.152. The number of nitrogens with zero attached hydrogens (tertiary/aromatic N) is 1. The highest BCUT2D eigenvalue weighted by atomic mass is 16.3. The van der Waals surface area contributed by atoms with E-state index in [1.807, 2.05) is 19.2 Å². The number of hydrogen-bond donors (Lipinski definition) is 2. The molecule has 0 aliphatic heterocycles. The van der Waals surface area contributed by atoms with Crippen molar-refractivity contribution in [2.45, 2.75) is 45.2 Å². The first kappa shape index (κ1) is 12.5. The number of aliphatic hydroxyl groups is 1. The average molecular weight is 234 g/mol. The molecule has 1 fully saturated rings. The van der Waals surface area contributed by atoms with Gasteiger partial charge in [-0.1, -0.05) is 18.9 Å². The van der Waals surface area contributed by atoms with Gasteiger partial charge in [-0.15, -0.1) is 0 Å². The fourth-order valence-corrected chi connectivity index (χ4v) is 2.64. The van der Waals surface area contributed by atoms with E-state index < -0.39 is 0 Å². The predicted octanol–water partition coefficient (Wildman–Crippen LogP) is 2.03. The van der Waals surface area contributed by atoms with E-state index in [0.717, 1.165) is 18.7 Å². The number of hydrogen-bond acceptors (Lipinski definition) is 3. The summed E-state index contributed by atoms with van der Waals surface area (Å²) in [4.78, 5) is 4.29. The molecule has 0 bridgehead atoms. The van der Waals surface area contributed by atoms with Crippen molar-refractivity contribution in [3.8, 4) is 0 Å². The van der Waals surface area contributed by atoms with E-state index in [1.165, 1.54) is 24.8 Å². The van der Waals surface area contributed by atoms with E-state index in [-0.39, 0.29) is 0 Å². The molecule has 2 atom stereocenters. The summed E-state index contributed by atoms with van der Waals surface area (Å²) < 4.78 is 0. The van der Waals surface area contributed by atoms with Crippen molar-refractivity contribution in [1.82, 2.24) is 10.3 Å².